The smallest absolute Gasteiger partial charge is 0.122 e. The molecule has 0 aliphatic rings. The first kappa shape index (κ1) is 14.6. The summed E-state index contributed by atoms with van der Waals surface area (Å²) in [5, 5.41) is 0. The molecule has 2 rings (SSSR count). The number of hydrogen-bond donors (Lipinski definition) is 0. The van der Waals surface area contributed by atoms with Gasteiger partial charge in [-0.1, -0.05) is 35.9 Å². The van der Waals surface area contributed by atoms with Crippen molar-refractivity contribution < 1.29 is 4.74 Å². The van der Waals surface area contributed by atoms with Crippen molar-refractivity contribution in [1.82, 2.24) is 0 Å². The van der Waals surface area contributed by atoms with E-state index in [2.05, 4.69) is 57.2 Å². The fourth-order valence-electron chi connectivity index (χ4n) is 2.47. The van der Waals surface area contributed by atoms with Gasteiger partial charge in [0.1, 0.15) is 5.75 Å². The molecule has 0 amide bonds. The first-order valence-corrected chi connectivity index (χ1v) is 7.39. The van der Waals surface area contributed by atoms with Crippen molar-refractivity contribution in [3.8, 4) is 5.75 Å². The highest BCUT2D eigenvalue weighted by Gasteiger charge is 2.07. The van der Waals surface area contributed by atoms with Crippen molar-refractivity contribution >= 4 is 0 Å². The second-order valence-corrected chi connectivity index (χ2v) is 5.39. The van der Waals surface area contributed by atoms with Crippen molar-refractivity contribution in [2.75, 3.05) is 6.61 Å². The first-order chi connectivity index (χ1) is 9.61. The molecule has 0 N–H and O–H groups in total. The molecular weight excluding hydrogens is 244 g/mol. The molecule has 0 atom stereocenters. The summed E-state index contributed by atoms with van der Waals surface area (Å²) in [6.45, 7) is 9.23. The lowest BCUT2D eigenvalue weighted by Gasteiger charge is -2.13. The van der Waals surface area contributed by atoms with Gasteiger partial charge in [0.15, 0.2) is 0 Å². The molecule has 1 heteroatoms. The molecule has 0 aromatic heterocycles. The minimum absolute atomic E-state index is 0.725. The van der Waals surface area contributed by atoms with Gasteiger partial charge in [-0.15, -0.1) is 0 Å². The van der Waals surface area contributed by atoms with Crippen molar-refractivity contribution in [3.05, 3.63) is 64.2 Å². The second-order valence-electron chi connectivity index (χ2n) is 5.39. The Labute approximate surface area is 122 Å². The molecule has 0 radical (unpaired) electrons. The van der Waals surface area contributed by atoms with E-state index in [4.69, 9.17) is 4.74 Å². The third-order valence-corrected chi connectivity index (χ3v) is 3.95. The minimum Gasteiger partial charge on any atom is -0.494 e. The van der Waals surface area contributed by atoms with E-state index >= 15 is 0 Å². The zero-order valence-corrected chi connectivity index (χ0v) is 13.0. The number of aryl methyl sites for hydroxylation is 3. The molecule has 0 heterocycles. The van der Waals surface area contributed by atoms with Gasteiger partial charge in [-0.25, -0.2) is 0 Å². The van der Waals surface area contributed by atoms with Crippen LogP contribution in [-0.4, -0.2) is 6.61 Å². The van der Waals surface area contributed by atoms with Gasteiger partial charge in [-0.2, -0.15) is 0 Å². The van der Waals surface area contributed by atoms with E-state index in [9.17, 15) is 0 Å². The Morgan fingerprint density at radius 2 is 1.50 bits per heavy atom. The van der Waals surface area contributed by atoms with Gasteiger partial charge in [-0.3, -0.25) is 0 Å². The van der Waals surface area contributed by atoms with E-state index < -0.39 is 0 Å². The van der Waals surface area contributed by atoms with E-state index in [1.807, 2.05) is 6.92 Å². The highest BCUT2D eigenvalue weighted by atomic mass is 16.5. The Morgan fingerprint density at radius 3 is 2.15 bits per heavy atom. The third kappa shape index (κ3) is 3.41. The predicted molar refractivity (Wildman–Crippen MR) is 85.7 cm³/mol. The summed E-state index contributed by atoms with van der Waals surface area (Å²) in [6.07, 6.45) is 2.18. The summed E-state index contributed by atoms with van der Waals surface area (Å²) < 4.78 is 5.65. The molecule has 0 spiro atoms. The Kier molecular flexibility index (Phi) is 4.84. The van der Waals surface area contributed by atoms with Crippen molar-refractivity contribution in [3.63, 3.8) is 0 Å². The summed E-state index contributed by atoms with van der Waals surface area (Å²) in [6, 6.07) is 13.1. The number of ether oxygens (including phenoxy) is 1. The van der Waals surface area contributed by atoms with Gasteiger partial charge >= 0.3 is 0 Å². The van der Waals surface area contributed by atoms with Crippen molar-refractivity contribution in [2.45, 2.75) is 40.5 Å². The monoisotopic (exact) mass is 268 g/mol. The third-order valence-electron chi connectivity index (χ3n) is 3.95. The largest absolute Gasteiger partial charge is 0.494 e. The van der Waals surface area contributed by atoms with Gasteiger partial charge in [0.05, 0.1) is 6.61 Å². The second kappa shape index (κ2) is 6.60. The van der Waals surface area contributed by atoms with E-state index in [0.717, 1.165) is 25.2 Å². The van der Waals surface area contributed by atoms with E-state index in [-0.39, 0.29) is 0 Å². The molecule has 0 aliphatic heterocycles. The SMILES string of the molecule is CCOc1ccc(CCc2ccc(C)cc2)c(C)c1C. The molecule has 0 saturated carbocycles. The average Bonchev–Trinajstić information content (AvgIpc) is 2.45. The summed E-state index contributed by atoms with van der Waals surface area (Å²) in [5.41, 5.74) is 6.78. The van der Waals surface area contributed by atoms with Crippen LogP contribution >= 0.6 is 0 Å². The molecule has 0 unspecified atom stereocenters. The summed E-state index contributed by atoms with van der Waals surface area (Å²) in [7, 11) is 0. The molecule has 0 bridgehead atoms. The molecule has 106 valence electrons. The van der Waals surface area contributed by atoms with Crippen molar-refractivity contribution in [1.29, 1.82) is 0 Å². The maximum atomic E-state index is 5.65. The van der Waals surface area contributed by atoms with Crippen LogP contribution in [0.3, 0.4) is 0 Å². The lowest BCUT2D eigenvalue weighted by molar-refractivity contribution is 0.337. The topological polar surface area (TPSA) is 9.23 Å². The zero-order chi connectivity index (χ0) is 14.5. The molecular formula is C19H24O. The van der Waals surface area contributed by atoms with E-state index in [1.165, 1.54) is 27.8 Å². The quantitative estimate of drug-likeness (QED) is 0.757. The Hall–Kier alpha value is -1.76. The molecule has 2 aromatic rings. The van der Waals surface area contributed by atoms with Crippen LogP contribution in [0.25, 0.3) is 0 Å². The lowest BCUT2D eigenvalue weighted by atomic mass is 9.96. The molecule has 0 aliphatic carbocycles. The maximum Gasteiger partial charge on any atom is 0.122 e. The van der Waals surface area contributed by atoms with Crippen LogP contribution in [0.1, 0.15) is 34.7 Å². The van der Waals surface area contributed by atoms with E-state index in [1.54, 1.807) is 0 Å². The van der Waals surface area contributed by atoms with Gasteiger partial charge in [0.25, 0.3) is 0 Å². The van der Waals surface area contributed by atoms with Crippen LogP contribution in [0.2, 0.25) is 0 Å². The van der Waals surface area contributed by atoms with Crippen LogP contribution in [0, 0.1) is 20.8 Å². The minimum atomic E-state index is 0.725. The predicted octanol–water partition coefficient (Wildman–Crippen LogP) is 4.80. The van der Waals surface area contributed by atoms with Crippen LogP contribution in [0.5, 0.6) is 5.75 Å². The summed E-state index contributed by atoms with van der Waals surface area (Å²) in [4.78, 5) is 0. The van der Waals surface area contributed by atoms with Gasteiger partial charge in [0.2, 0.25) is 0 Å². The summed E-state index contributed by atoms with van der Waals surface area (Å²) >= 11 is 0. The van der Waals surface area contributed by atoms with Crippen LogP contribution in [0.15, 0.2) is 36.4 Å². The highest BCUT2D eigenvalue weighted by molar-refractivity contribution is 5.44. The van der Waals surface area contributed by atoms with Crippen LogP contribution < -0.4 is 4.74 Å². The average molecular weight is 268 g/mol. The molecule has 20 heavy (non-hydrogen) atoms. The van der Waals surface area contributed by atoms with Crippen molar-refractivity contribution in [2.24, 2.45) is 0 Å². The Balaban J connectivity index is 2.10. The van der Waals surface area contributed by atoms with Gasteiger partial charge < -0.3 is 4.74 Å². The van der Waals surface area contributed by atoms with Crippen LogP contribution in [-0.2, 0) is 12.8 Å². The Morgan fingerprint density at radius 1 is 0.800 bits per heavy atom. The molecule has 2 aromatic carbocycles. The van der Waals surface area contributed by atoms with E-state index in [0.29, 0.717) is 0 Å². The molecule has 1 nitrogen and oxygen atoms in total. The normalized spacial score (nSPS) is 10.6. The van der Waals surface area contributed by atoms with Gasteiger partial charge in [-0.05, 0) is 68.9 Å². The maximum absolute atomic E-state index is 5.65. The Bertz CT molecular complexity index is 567. The number of hydrogen-bond acceptors (Lipinski definition) is 1. The fraction of sp³-hybridized carbons (Fsp3) is 0.368. The molecule has 0 saturated heterocycles. The van der Waals surface area contributed by atoms with Gasteiger partial charge in [0, 0.05) is 0 Å². The first-order valence-electron chi connectivity index (χ1n) is 7.39. The number of rotatable bonds is 5. The summed E-state index contributed by atoms with van der Waals surface area (Å²) in [5.74, 6) is 1.02. The fourth-order valence-corrected chi connectivity index (χ4v) is 2.47. The van der Waals surface area contributed by atoms with Crippen LogP contribution in [0.4, 0.5) is 0 Å². The lowest BCUT2D eigenvalue weighted by Crippen LogP contribution is -2.00. The highest BCUT2D eigenvalue weighted by Crippen LogP contribution is 2.25. The molecule has 0 fully saturated rings. The zero-order valence-electron chi connectivity index (χ0n) is 13.0. The number of benzene rings is 2. The standard InChI is InChI=1S/C19H24O/c1-5-20-19-13-12-18(15(3)16(19)4)11-10-17-8-6-14(2)7-9-17/h6-9,12-13H,5,10-11H2,1-4H3.